The Labute approximate surface area is 129 Å². The first-order chi connectivity index (χ1) is 10.7. The predicted molar refractivity (Wildman–Crippen MR) is 80.5 cm³/mol. The fraction of sp³-hybridized carbons (Fsp3) is 0.500. The summed E-state index contributed by atoms with van der Waals surface area (Å²) in [6.45, 7) is 3.14. The highest BCUT2D eigenvalue weighted by Crippen LogP contribution is 2.22. The van der Waals surface area contributed by atoms with Crippen LogP contribution in [0.2, 0.25) is 0 Å². The van der Waals surface area contributed by atoms with Crippen molar-refractivity contribution in [2.45, 2.75) is 25.5 Å². The van der Waals surface area contributed by atoms with Crippen LogP contribution in [0.15, 0.2) is 36.9 Å². The molecule has 3 rings (SSSR count). The van der Waals surface area contributed by atoms with Crippen LogP contribution in [0.4, 0.5) is 4.39 Å². The molecule has 1 N–H and O–H groups in total. The van der Waals surface area contributed by atoms with Crippen molar-refractivity contribution in [3.05, 3.63) is 48.3 Å². The van der Waals surface area contributed by atoms with Crippen molar-refractivity contribution in [2.75, 3.05) is 19.6 Å². The Morgan fingerprint density at radius 1 is 1.36 bits per heavy atom. The van der Waals surface area contributed by atoms with Crippen molar-refractivity contribution in [1.29, 1.82) is 0 Å². The van der Waals surface area contributed by atoms with Gasteiger partial charge in [0.25, 0.3) is 0 Å². The van der Waals surface area contributed by atoms with Gasteiger partial charge in [-0.2, -0.15) is 5.10 Å². The lowest BCUT2D eigenvalue weighted by atomic mass is 9.97. The summed E-state index contributed by atoms with van der Waals surface area (Å²) < 4.78 is 15.6. The molecule has 0 spiro atoms. The van der Waals surface area contributed by atoms with Crippen LogP contribution in [0, 0.1) is 11.7 Å². The maximum absolute atomic E-state index is 13.7. The molecule has 1 saturated heterocycles. The van der Waals surface area contributed by atoms with Crippen molar-refractivity contribution in [3.63, 3.8) is 0 Å². The van der Waals surface area contributed by atoms with E-state index in [1.54, 1.807) is 30.9 Å². The molecule has 0 unspecified atom stereocenters. The Bertz CT molecular complexity index is 590. The lowest BCUT2D eigenvalue weighted by Gasteiger charge is -2.33. The minimum atomic E-state index is -0.786. The number of halogens is 1. The van der Waals surface area contributed by atoms with Gasteiger partial charge in [-0.3, -0.25) is 4.68 Å². The second-order valence-electron chi connectivity index (χ2n) is 5.92. The third kappa shape index (κ3) is 3.69. The molecule has 1 aliphatic heterocycles. The van der Waals surface area contributed by atoms with E-state index >= 15 is 0 Å². The van der Waals surface area contributed by atoms with Crippen molar-refractivity contribution < 1.29 is 9.50 Å². The molecule has 5 nitrogen and oxygen atoms in total. The standard InChI is InChI=1S/C16H21FN4O/c17-15-6-2-1-5-14(15)16(22)10-20-7-3-4-13(8-20)9-21-12-18-11-19-21/h1-2,5-6,11-13,16,22H,3-4,7-10H2/t13-,16-/m1/s1. The van der Waals surface area contributed by atoms with Gasteiger partial charge >= 0.3 is 0 Å². The third-order valence-corrected chi connectivity index (χ3v) is 4.21. The molecular weight excluding hydrogens is 283 g/mol. The van der Waals surface area contributed by atoms with Gasteiger partial charge in [0.1, 0.15) is 18.5 Å². The van der Waals surface area contributed by atoms with Gasteiger partial charge in [-0.15, -0.1) is 0 Å². The SMILES string of the molecule is O[C@H](CN1CCC[C@@H](Cn2cncn2)C1)c1ccccc1F. The van der Waals surface area contributed by atoms with Crippen molar-refractivity contribution >= 4 is 0 Å². The largest absolute Gasteiger partial charge is 0.387 e. The molecule has 0 radical (unpaired) electrons. The Morgan fingerprint density at radius 3 is 3.00 bits per heavy atom. The van der Waals surface area contributed by atoms with E-state index in [-0.39, 0.29) is 5.82 Å². The molecule has 1 fully saturated rings. The summed E-state index contributed by atoms with van der Waals surface area (Å²) in [6.07, 6.45) is 4.72. The zero-order valence-electron chi connectivity index (χ0n) is 12.5. The first kappa shape index (κ1) is 15.1. The van der Waals surface area contributed by atoms with Crippen LogP contribution in [0.1, 0.15) is 24.5 Å². The summed E-state index contributed by atoms with van der Waals surface area (Å²) >= 11 is 0. The molecule has 1 aromatic carbocycles. The maximum Gasteiger partial charge on any atom is 0.137 e. The number of rotatable bonds is 5. The molecule has 0 aliphatic carbocycles. The van der Waals surface area contributed by atoms with Gasteiger partial charge in [0.2, 0.25) is 0 Å². The van der Waals surface area contributed by atoms with Gasteiger partial charge in [0, 0.05) is 25.2 Å². The zero-order valence-corrected chi connectivity index (χ0v) is 12.5. The molecule has 6 heteroatoms. The Morgan fingerprint density at radius 2 is 2.23 bits per heavy atom. The molecule has 0 bridgehead atoms. The van der Waals surface area contributed by atoms with Crippen LogP contribution in [-0.2, 0) is 6.54 Å². The van der Waals surface area contributed by atoms with E-state index in [0.29, 0.717) is 18.0 Å². The molecule has 1 aromatic heterocycles. The lowest BCUT2D eigenvalue weighted by Crippen LogP contribution is -2.39. The fourth-order valence-electron chi connectivity index (χ4n) is 3.15. The number of benzene rings is 1. The first-order valence-corrected chi connectivity index (χ1v) is 7.69. The molecule has 118 valence electrons. The summed E-state index contributed by atoms with van der Waals surface area (Å²) in [7, 11) is 0. The van der Waals surface area contributed by atoms with Crippen LogP contribution >= 0.6 is 0 Å². The van der Waals surface area contributed by atoms with E-state index in [0.717, 1.165) is 32.5 Å². The molecule has 0 saturated carbocycles. The number of nitrogens with zero attached hydrogens (tertiary/aromatic N) is 4. The molecule has 2 aromatic rings. The average molecular weight is 304 g/mol. The highest BCUT2D eigenvalue weighted by atomic mass is 19.1. The number of hydrogen-bond donors (Lipinski definition) is 1. The van der Waals surface area contributed by atoms with E-state index in [4.69, 9.17) is 0 Å². The minimum absolute atomic E-state index is 0.342. The zero-order chi connectivity index (χ0) is 15.4. The van der Waals surface area contributed by atoms with Crippen LogP contribution in [-0.4, -0.2) is 44.4 Å². The summed E-state index contributed by atoms with van der Waals surface area (Å²) in [6, 6.07) is 6.44. The molecular formula is C16H21FN4O. The monoisotopic (exact) mass is 304 g/mol. The minimum Gasteiger partial charge on any atom is -0.387 e. The van der Waals surface area contributed by atoms with Crippen molar-refractivity contribution in [2.24, 2.45) is 5.92 Å². The predicted octanol–water partition coefficient (Wildman–Crippen LogP) is 1.86. The molecule has 2 atom stereocenters. The second kappa shape index (κ2) is 6.98. The van der Waals surface area contributed by atoms with Gasteiger partial charge in [-0.05, 0) is 31.4 Å². The third-order valence-electron chi connectivity index (χ3n) is 4.21. The Kier molecular flexibility index (Phi) is 4.80. The highest BCUT2D eigenvalue weighted by molar-refractivity contribution is 5.20. The Balaban J connectivity index is 1.57. The van der Waals surface area contributed by atoms with Crippen molar-refractivity contribution in [1.82, 2.24) is 19.7 Å². The van der Waals surface area contributed by atoms with Gasteiger partial charge in [0.15, 0.2) is 0 Å². The topological polar surface area (TPSA) is 54.2 Å². The van der Waals surface area contributed by atoms with Gasteiger partial charge < -0.3 is 10.0 Å². The average Bonchev–Trinajstić information content (AvgIpc) is 3.01. The number of aliphatic hydroxyl groups is 1. The van der Waals surface area contributed by atoms with Crippen LogP contribution < -0.4 is 0 Å². The summed E-state index contributed by atoms with van der Waals surface area (Å²) in [5.41, 5.74) is 0.376. The van der Waals surface area contributed by atoms with Crippen LogP contribution in [0.3, 0.4) is 0 Å². The number of aliphatic hydroxyl groups excluding tert-OH is 1. The molecule has 0 amide bonds. The van der Waals surface area contributed by atoms with Gasteiger partial charge in [0.05, 0.1) is 6.10 Å². The first-order valence-electron chi connectivity index (χ1n) is 7.69. The van der Waals surface area contributed by atoms with E-state index in [1.807, 2.05) is 4.68 Å². The quantitative estimate of drug-likeness (QED) is 0.916. The van der Waals surface area contributed by atoms with Crippen LogP contribution in [0.25, 0.3) is 0 Å². The number of piperidine rings is 1. The number of likely N-dealkylation sites (tertiary alicyclic amines) is 1. The van der Waals surface area contributed by atoms with E-state index < -0.39 is 6.10 Å². The highest BCUT2D eigenvalue weighted by Gasteiger charge is 2.23. The van der Waals surface area contributed by atoms with Gasteiger partial charge in [-0.1, -0.05) is 18.2 Å². The van der Waals surface area contributed by atoms with E-state index in [9.17, 15) is 9.50 Å². The summed E-state index contributed by atoms with van der Waals surface area (Å²) in [5.74, 6) is 0.148. The van der Waals surface area contributed by atoms with Gasteiger partial charge in [-0.25, -0.2) is 9.37 Å². The number of β-amino-alcohol motifs (C(OH)–C–C–N with tert-alkyl or cyclic N) is 1. The fourth-order valence-corrected chi connectivity index (χ4v) is 3.15. The molecule has 2 heterocycles. The Hall–Kier alpha value is -1.79. The van der Waals surface area contributed by atoms with E-state index in [2.05, 4.69) is 15.0 Å². The number of aromatic nitrogens is 3. The normalized spacial score (nSPS) is 20.9. The summed E-state index contributed by atoms with van der Waals surface area (Å²) in [5, 5.41) is 14.4. The van der Waals surface area contributed by atoms with Crippen LogP contribution in [0.5, 0.6) is 0 Å². The maximum atomic E-state index is 13.7. The molecule has 1 aliphatic rings. The van der Waals surface area contributed by atoms with E-state index in [1.165, 1.54) is 6.07 Å². The molecule has 22 heavy (non-hydrogen) atoms. The smallest absolute Gasteiger partial charge is 0.137 e. The van der Waals surface area contributed by atoms with Crippen molar-refractivity contribution in [3.8, 4) is 0 Å². The lowest BCUT2D eigenvalue weighted by molar-refractivity contribution is 0.0780. The summed E-state index contributed by atoms with van der Waals surface area (Å²) in [4.78, 5) is 6.17. The number of hydrogen-bond acceptors (Lipinski definition) is 4. The second-order valence-corrected chi connectivity index (χ2v) is 5.92.